The van der Waals surface area contributed by atoms with E-state index in [0.29, 0.717) is 18.3 Å². The van der Waals surface area contributed by atoms with Gasteiger partial charge in [0.15, 0.2) is 5.69 Å². The molecule has 0 bridgehead atoms. The van der Waals surface area contributed by atoms with Crippen LogP contribution in [0.4, 0.5) is 0 Å². The molecule has 126 valence electrons. The van der Waals surface area contributed by atoms with Crippen LogP contribution in [0.25, 0.3) is 0 Å². The second-order valence-corrected chi connectivity index (χ2v) is 6.29. The third-order valence-corrected chi connectivity index (χ3v) is 4.36. The molecule has 5 heteroatoms. The average molecular weight is 309 g/mol. The molecule has 5 nitrogen and oxygen atoms in total. The summed E-state index contributed by atoms with van der Waals surface area (Å²) >= 11 is 0. The van der Waals surface area contributed by atoms with Gasteiger partial charge in [0.1, 0.15) is 5.76 Å². The molecule has 2 N–H and O–H groups in total. The lowest BCUT2D eigenvalue weighted by Gasteiger charge is -2.36. The van der Waals surface area contributed by atoms with E-state index in [1.807, 2.05) is 6.92 Å². The fourth-order valence-electron chi connectivity index (χ4n) is 2.60. The zero-order chi connectivity index (χ0) is 16.6. The Morgan fingerprint density at radius 1 is 1.36 bits per heavy atom. The van der Waals surface area contributed by atoms with E-state index >= 15 is 0 Å². The lowest BCUT2D eigenvalue weighted by molar-refractivity contribution is 0.0907. The molecule has 1 aromatic rings. The first-order chi connectivity index (χ1) is 10.5. The minimum absolute atomic E-state index is 0.0247. The number of rotatable bonds is 10. The molecule has 0 aromatic carbocycles. The van der Waals surface area contributed by atoms with Crippen molar-refractivity contribution in [3.63, 3.8) is 0 Å². The molecule has 0 spiro atoms. The van der Waals surface area contributed by atoms with Gasteiger partial charge in [-0.05, 0) is 31.7 Å². The lowest BCUT2D eigenvalue weighted by Crippen LogP contribution is -2.48. The summed E-state index contributed by atoms with van der Waals surface area (Å²) in [5.74, 6) is 0.577. The van der Waals surface area contributed by atoms with Crippen LogP contribution in [0.1, 0.15) is 70.1 Å². The Morgan fingerprint density at radius 3 is 2.64 bits per heavy atom. The van der Waals surface area contributed by atoms with Crippen LogP contribution in [0, 0.1) is 5.41 Å². The first-order valence-corrected chi connectivity index (χ1v) is 8.44. The topological polar surface area (TPSA) is 67.2 Å². The van der Waals surface area contributed by atoms with Crippen LogP contribution in [0.5, 0.6) is 0 Å². The van der Waals surface area contributed by atoms with Crippen molar-refractivity contribution < 1.29 is 9.32 Å². The number of aromatic nitrogens is 1. The highest BCUT2D eigenvalue weighted by Gasteiger charge is 2.30. The van der Waals surface area contributed by atoms with Crippen molar-refractivity contribution in [3.8, 4) is 0 Å². The molecule has 1 amide bonds. The summed E-state index contributed by atoms with van der Waals surface area (Å²) in [4.78, 5) is 12.2. The molecular weight excluding hydrogens is 278 g/mol. The first-order valence-electron chi connectivity index (χ1n) is 8.44. The van der Waals surface area contributed by atoms with Crippen molar-refractivity contribution >= 4 is 5.91 Å². The monoisotopic (exact) mass is 309 g/mol. The van der Waals surface area contributed by atoms with Gasteiger partial charge in [-0.25, -0.2) is 0 Å². The van der Waals surface area contributed by atoms with Gasteiger partial charge in [-0.15, -0.1) is 0 Å². The number of hydrogen-bond acceptors (Lipinski definition) is 4. The molecule has 22 heavy (non-hydrogen) atoms. The van der Waals surface area contributed by atoms with Gasteiger partial charge in [-0.3, -0.25) is 4.79 Å². The molecule has 2 atom stereocenters. The van der Waals surface area contributed by atoms with Crippen LogP contribution >= 0.6 is 0 Å². The standard InChI is InChI=1S/C17H31N3O2/c1-6-9-17(5,13(4)18-10-7-2)12-19-16(21)15-11-14(8-3)22-20-15/h11,13,18H,6-10,12H2,1-5H3,(H,19,21). The van der Waals surface area contributed by atoms with Crippen molar-refractivity contribution in [1.82, 2.24) is 15.8 Å². The maximum Gasteiger partial charge on any atom is 0.273 e. The number of hydrogen-bond donors (Lipinski definition) is 2. The highest BCUT2D eigenvalue weighted by Crippen LogP contribution is 2.27. The van der Waals surface area contributed by atoms with Crippen LogP contribution in [0.15, 0.2) is 10.6 Å². The van der Waals surface area contributed by atoms with Gasteiger partial charge in [-0.1, -0.05) is 39.3 Å². The molecule has 0 fully saturated rings. The molecule has 0 saturated heterocycles. The van der Waals surface area contributed by atoms with Crippen LogP contribution in [-0.4, -0.2) is 30.2 Å². The third-order valence-electron chi connectivity index (χ3n) is 4.36. The van der Waals surface area contributed by atoms with E-state index in [9.17, 15) is 4.79 Å². The fourth-order valence-corrected chi connectivity index (χ4v) is 2.60. The molecule has 0 aliphatic carbocycles. The van der Waals surface area contributed by atoms with Crippen LogP contribution < -0.4 is 10.6 Å². The van der Waals surface area contributed by atoms with Crippen molar-refractivity contribution in [1.29, 1.82) is 0 Å². The van der Waals surface area contributed by atoms with E-state index in [2.05, 4.69) is 43.5 Å². The minimum Gasteiger partial charge on any atom is -0.361 e. The quantitative estimate of drug-likeness (QED) is 0.696. The molecule has 0 radical (unpaired) electrons. The number of carbonyl (C=O) groups is 1. The Balaban J connectivity index is 2.64. The Labute approximate surface area is 134 Å². The SMILES string of the molecule is CCCNC(C)C(C)(CCC)CNC(=O)c1cc(CC)on1. The normalized spacial score (nSPS) is 15.3. The zero-order valence-corrected chi connectivity index (χ0v) is 14.7. The molecular formula is C17H31N3O2. The van der Waals surface area contributed by atoms with Crippen LogP contribution in [0.2, 0.25) is 0 Å². The molecule has 0 aliphatic rings. The second-order valence-electron chi connectivity index (χ2n) is 6.29. The molecule has 1 rings (SSSR count). The Kier molecular flexibility index (Phi) is 7.59. The average Bonchev–Trinajstić information content (AvgIpc) is 2.99. The number of nitrogens with one attached hydrogen (secondary N) is 2. The van der Waals surface area contributed by atoms with Gasteiger partial charge in [0, 0.05) is 25.1 Å². The summed E-state index contributed by atoms with van der Waals surface area (Å²) in [6.07, 6.45) is 4.00. The van der Waals surface area contributed by atoms with E-state index < -0.39 is 0 Å². The van der Waals surface area contributed by atoms with E-state index in [0.717, 1.165) is 38.0 Å². The summed E-state index contributed by atoms with van der Waals surface area (Å²) < 4.78 is 5.09. The van der Waals surface area contributed by atoms with Gasteiger partial charge in [0.25, 0.3) is 5.91 Å². The Hall–Kier alpha value is -1.36. The molecule has 2 unspecified atom stereocenters. The summed E-state index contributed by atoms with van der Waals surface area (Å²) in [7, 11) is 0. The maximum absolute atomic E-state index is 12.2. The third kappa shape index (κ3) is 5.13. The van der Waals surface area contributed by atoms with Crippen LogP contribution in [0.3, 0.4) is 0 Å². The van der Waals surface area contributed by atoms with Gasteiger partial charge >= 0.3 is 0 Å². The minimum atomic E-state index is -0.159. The number of carbonyl (C=O) groups excluding carboxylic acids is 1. The summed E-state index contributed by atoms with van der Waals surface area (Å²) in [5, 5.41) is 10.4. The summed E-state index contributed by atoms with van der Waals surface area (Å²) in [5.41, 5.74) is 0.390. The lowest BCUT2D eigenvalue weighted by atomic mass is 9.78. The molecule has 1 aromatic heterocycles. The van der Waals surface area contributed by atoms with Gasteiger partial charge in [0.2, 0.25) is 0 Å². The maximum atomic E-state index is 12.2. The van der Waals surface area contributed by atoms with E-state index in [1.165, 1.54) is 0 Å². The van der Waals surface area contributed by atoms with Crippen molar-refractivity contribution in [2.24, 2.45) is 5.41 Å². The van der Waals surface area contributed by atoms with E-state index in [4.69, 9.17) is 4.52 Å². The fraction of sp³-hybridized carbons (Fsp3) is 0.765. The highest BCUT2D eigenvalue weighted by atomic mass is 16.5. The Bertz CT molecular complexity index is 459. The van der Waals surface area contributed by atoms with Crippen molar-refractivity contribution in [3.05, 3.63) is 17.5 Å². The first kappa shape index (κ1) is 18.7. The van der Waals surface area contributed by atoms with Crippen LogP contribution in [-0.2, 0) is 6.42 Å². The number of nitrogens with zero attached hydrogens (tertiary/aromatic N) is 1. The predicted octanol–water partition coefficient (Wildman–Crippen LogP) is 3.16. The van der Waals surface area contributed by atoms with E-state index in [1.54, 1.807) is 6.07 Å². The van der Waals surface area contributed by atoms with E-state index in [-0.39, 0.29) is 11.3 Å². The highest BCUT2D eigenvalue weighted by molar-refractivity contribution is 5.92. The van der Waals surface area contributed by atoms with Crippen molar-refractivity contribution in [2.45, 2.75) is 66.3 Å². The predicted molar refractivity (Wildman–Crippen MR) is 89.0 cm³/mol. The summed E-state index contributed by atoms with van der Waals surface area (Å²) in [6, 6.07) is 2.06. The summed E-state index contributed by atoms with van der Waals surface area (Å²) in [6.45, 7) is 12.4. The number of aryl methyl sites for hydroxylation is 1. The second kappa shape index (κ2) is 8.93. The van der Waals surface area contributed by atoms with Gasteiger partial charge < -0.3 is 15.2 Å². The molecule has 0 saturated carbocycles. The molecule has 1 heterocycles. The molecule has 0 aliphatic heterocycles. The zero-order valence-electron chi connectivity index (χ0n) is 14.7. The van der Waals surface area contributed by atoms with Gasteiger partial charge in [0.05, 0.1) is 0 Å². The van der Waals surface area contributed by atoms with Gasteiger partial charge in [-0.2, -0.15) is 0 Å². The largest absolute Gasteiger partial charge is 0.361 e. The Morgan fingerprint density at radius 2 is 2.09 bits per heavy atom. The smallest absolute Gasteiger partial charge is 0.273 e. The van der Waals surface area contributed by atoms with Crippen molar-refractivity contribution in [2.75, 3.05) is 13.1 Å². The number of amides is 1.